The molecule has 9 heteroatoms. The van der Waals surface area contributed by atoms with Crippen LogP contribution >= 0.6 is 11.6 Å². The standard InChI is InChI=1S/C24H22ClN7O/c1-14-28-18-4-3-17(9-20(18)29-14)33-22-6-5-19-24(23(22)25)30-21(11-26-19)15-10-27-32(12-15)16-7-8-31(2)13-16/h3-6,9-12,16H,7-8,13H2,1-2H3,(H,28,29). The van der Waals surface area contributed by atoms with Gasteiger partial charge in [0.2, 0.25) is 0 Å². The maximum atomic E-state index is 6.72. The zero-order valence-corrected chi connectivity index (χ0v) is 19.0. The van der Waals surface area contributed by atoms with Gasteiger partial charge in [0.15, 0.2) is 0 Å². The minimum absolute atomic E-state index is 0.386. The maximum Gasteiger partial charge on any atom is 0.148 e. The predicted octanol–water partition coefficient (Wildman–Crippen LogP) is 5.00. The Kier molecular flexibility index (Phi) is 4.78. The number of fused-ring (bicyclic) bond motifs is 2. The van der Waals surface area contributed by atoms with Crippen molar-refractivity contribution in [3.63, 3.8) is 0 Å². The van der Waals surface area contributed by atoms with E-state index in [1.807, 2.05) is 54.3 Å². The average molecular weight is 460 g/mol. The summed E-state index contributed by atoms with van der Waals surface area (Å²) < 4.78 is 8.12. The number of imidazole rings is 1. The first-order valence-corrected chi connectivity index (χ1v) is 11.2. The fraction of sp³-hybridized carbons (Fsp3) is 0.250. The molecule has 2 aromatic carbocycles. The molecule has 1 saturated heterocycles. The summed E-state index contributed by atoms with van der Waals surface area (Å²) in [7, 11) is 2.13. The highest BCUT2D eigenvalue weighted by molar-refractivity contribution is 6.36. The number of likely N-dealkylation sites (N-methyl/N-ethyl adjacent to an activating group) is 1. The molecule has 0 spiro atoms. The van der Waals surface area contributed by atoms with Crippen LogP contribution in [-0.4, -0.2) is 54.8 Å². The maximum absolute atomic E-state index is 6.72. The zero-order valence-electron chi connectivity index (χ0n) is 18.3. The van der Waals surface area contributed by atoms with E-state index in [9.17, 15) is 0 Å². The number of likely N-dealkylation sites (tertiary alicyclic amines) is 1. The van der Waals surface area contributed by atoms with Crippen LogP contribution in [0.5, 0.6) is 11.5 Å². The van der Waals surface area contributed by atoms with E-state index in [1.165, 1.54) is 0 Å². The summed E-state index contributed by atoms with van der Waals surface area (Å²) in [6, 6.07) is 9.77. The molecule has 4 heterocycles. The van der Waals surface area contributed by atoms with Crippen LogP contribution in [0.1, 0.15) is 18.3 Å². The second-order valence-electron chi connectivity index (χ2n) is 8.52. The Morgan fingerprint density at radius 3 is 2.85 bits per heavy atom. The summed E-state index contributed by atoms with van der Waals surface area (Å²) >= 11 is 6.72. The molecule has 1 N–H and O–H groups in total. The molecule has 0 saturated carbocycles. The van der Waals surface area contributed by atoms with Gasteiger partial charge in [-0.2, -0.15) is 5.10 Å². The summed E-state index contributed by atoms with van der Waals surface area (Å²) in [5.74, 6) is 2.05. The lowest BCUT2D eigenvalue weighted by Gasteiger charge is -2.11. The lowest BCUT2D eigenvalue weighted by Crippen LogP contribution is -2.16. The van der Waals surface area contributed by atoms with Crippen molar-refractivity contribution in [2.45, 2.75) is 19.4 Å². The number of aromatic amines is 1. The second kappa shape index (κ2) is 7.83. The molecule has 5 aromatic rings. The van der Waals surface area contributed by atoms with Gasteiger partial charge < -0.3 is 14.6 Å². The van der Waals surface area contributed by atoms with Crippen LogP contribution in [0.2, 0.25) is 5.02 Å². The molecular formula is C24H22ClN7O. The first-order valence-electron chi connectivity index (χ1n) is 10.9. The predicted molar refractivity (Wildman–Crippen MR) is 128 cm³/mol. The van der Waals surface area contributed by atoms with Crippen molar-refractivity contribution in [1.29, 1.82) is 0 Å². The fourth-order valence-corrected chi connectivity index (χ4v) is 4.59. The van der Waals surface area contributed by atoms with Crippen molar-refractivity contribution < 1.29 is 4.74 Å². The molecule has 3 aromatic heterocycles. The molecule has 1 aliphatic heterocycles. The third-order valence-electron chi connectivity index (χ3n) is 6.06. The van der Waals surface area contributed by atoms with Gasteiger partial charge in [-0.15, -0.1) is 0 Å². The molecule has 0 bridgehead atoms. The number of nitrogens with zero attached hydrogens (tertiary/aromatic N) is 6. The Labute approximate surface area is 195 Å². The number of aromatic nitrogens is 6. The first-order chi connectivity index (χ1) is 16.0. The number of aryl methyl sites for hydroxylation is 1. The molecule has 1 atom stereocenters. The molecule has 1 aliphatic rings. The summed E-state index contributed by atoms with van der Waals surface area (Å²) in [5, 5.41) is 4.99. The largest absolute Gasteiger partial charge is 0.456 e. The van der Waals surface area contributed by atoms with Crippen LogP contribution in [0.25, 0.3) is 33.3 Å². The van der Waals surface area contributed by atoms with Gasteiger partial charge in [0.1, 0.15) is 27.9 Å². The van der Waals surface area contributed by atoms with E-state index in [4.69, 9.17) is 21.3 Å². The SMILES string of the molecule is Cc1nc2ccc(Oc3ccc4ncc(-c5cnn(C6CCN(C)C6)c5)nc4c3Cl)cc2[nH]1. The molecule has 8 nitrogen and oxygen atoms in total. The van der Waals surface area contributed by atoms with Crippen molar-refractivity contribution in [2.24, 2.45) is 0 Å². The first kappa shape index (κ1) is 20.1. The summed E-state index contributed by atoms with van der Waals surface area (Å²) in [6.45, 7) is 4.01. The Balaban J connectivity index is 1.32. The molecule has 0 radical (unpaired) electrons. The van der Waals surface area contributed by atoms with Crippen LogP contribution in [-0.2, 0) is 0 Å². The van der Waals surface area contributed by atoms with Crippen molar-refractivity contribution in [3.8, 4) is 22.8 Å². The molecular weight excluding hydrogens is 438 g/mol. The Morgan fingerprint density at radius 2 is 2.00 bits per heavy atom. The van der Waals surface area contributed by atoms with E-state index in [1.54, 1.807) is 6.20 Å². The lowest BCUT2D eigenvalue weighted by molar-refractivity contribution is 0.382. The van der Waals surface area contributed by atoms with Gasteiger partial charge in [0.05, 0.1) is 40.7 Å². The van der Waals surface area contributed by atoms with Gasteiger partial charge >= 0.3 is 0 Å². The van der Waals surface area contributed by atoms with Crippen LogP contribution in [0.15, 0.2) is 48.9 Å². The summed E-state index contributed by atoms with van der Waals surface area (Å²) in [6.07, 6.45) is 6.73. The highest BCUT2D eigenvalue weighted by atomic mass is 35.5. The van der Waals surface area contributed by atoms with E-state index >= 15 is 0 Å². The van der Waals surface area contributed by atoms with Crippen LogP contribution in [0, 0.1) is 6.92 Å². The lowest BCUT2D eigenvalue weighted by atomic mass is 10.2. The zero-order chi connectivity index (χ0) is 22.5. The van der Waals surface area contributed by atoms with Gasteiger partial charge in [-0.25, -0.2) is 9.97 Å². The van der Waals surface area contributed by atoms with Crippen LogP contribution < -0.4 is 4.74 Å². The number of ether oxygens (including phenoxy) is 1. The second-order valence-corrected chi connectivity index (χ2v) is 8.90. The monoisotopic (exact) mass is 459 g/mol. The topological polar surface area (TPSA) is 84.8 Å². The number of benzene rings is 2. The molecule has 1 fully saturated rings. The Hall–Kier alpha value is -3.49. The molecule has 166 valence electrons. The van der Waals surface area contributed by atoms with Crippen molar-refractivity contribution >= 4 is 33.7 Å². The van der Waals surface area contributed by atoms with E-state index < -0.39 is 0 Å². The average Bonchev–Trinajstić information content (AvgIpc) is 3.54. The van der Waals surface area contributed by atoms with Crippen molar-refractivity contribution in [1.82, 2.24) is 34.6 Å². The number of H-pyrrole nitrogens is 1. The van der Waals surface area contributed by atoms with Gasteiger partial charge in [0.25, 0.3) is 0 Å². The minimum atomic E-state index is 0.386. The third kappa shape index (κ3) is 3.71. The number of halogens is 1. The van der Waals surface area contributed by atoms with Crippen molar-refractivity contribution in [3.05, 3.63) is 59.8 Å². The van der Waals surface area contributed by atoms with E-state index in [-0.39, 0.29) is 0 Å². The highest BCUT2D eigenvalue weighted by Crippen LogP contribution is 2.35. The van der Waals surface area contributed by atoms with Crippen LogP contribution in [0.3, 0.4) is 0 Å². The number of hydrogen-bond donors (Lipinski definition) is 1. The fourth-order valence-electron chi connectivity index (χ4n) is 4.35. The summed E-state index contributed by atoms with van der Waals surface area (Å²) in [5.41, 5.74) is 4.76. The highest BCUT2D eigenvalue weighted by Gasteiger charge is 2.22. The Morgan fingerprint density at radius 1 is 1.12 bits per heavy atom. The van der Waals surface area contributed by atoms with Gasteiger partial charge in [0, 0.05) is 24.4 Å². The molecule has 0 amide bonds. The molecule has 33 heavy (non-hydrogen) atoms. The van der Waals surface area contributed by atoms with E-state index in [0.29, 0.717) is 33.6 Å². The van der Waals surface area contributed by atoms with Gasteiger partial charge in [-0.1, -0.05) is 11.6 Å². The number of nitrogens with one attached hydrogen (secondary N) is 1. The number of rotatable bonds is 4. The summed E-state index contributed by atoms with van der Waals surface area (Å²) in [4.78, 5) is 19.3. The van der Waals surface area contributed by atoms with E-state index in [0.717, 1.165) is 47.6 Å². The molecule has 1 unspecified atom stereocenters. The normalized spacial score (nSPS) is 16.8. The smallest absolute Gasteiger partial charge is 0.148 e. The van der Waals surface area contributed by atoms with Gasteiger partial charge in [-0.3, -0.25) is 9.67 Å². The van der Waals surface area contributed by atoms with E-state index in [2.05, 4.69) is 32.0 Å². The molecule has 0 aliphatic carbocycles. The third-order valence-corrected chi connectivity index (χ3v) is 6.42. The quantitative estimate of drug-likeness (QED) is 0.407. The Bertz CT molecular complexity index is 1490. The van der Waals surface area contributed by atoms with Crippen molar-refractivity contribution in [2.75, 3.05) is 20.1 Å². The van der Waals surface area contributed by atoms with Crippen LogP contribution in [0.4, 0.5) is 0 Å². The molecule has 6 rings (SSSR count). The minimum Gasteiger partial charge on any atom is -0.456 e. The number of hydrogen-bond acceptors (Lipinski definition) is 6. The van der Waals surface area contributed by atoms with Gasteiger partial charge in [-0.05, 0) is 51.2 Å².